The summed E-state index contributed by atoms with van der Waals surface area (Å²) in [5.41, 5.74) is 2.54. The Labute approximate surface area is 199 Å². The van der Waals surface area contributed by atoms with Gasteiger partial charge in [0.2, 0.25) is 0 Å². The van der Waals surface area contributed by atoms with Crippen LogP contribution in [0.15, 0.2) is 77.4 Å². The minimum Gasteiger partial charge on any atom is -0.421 e. The van der Waals surface area contributed by atoms with Gasteiger partial charge in [-0.25, -0.2) is 4.79 Å². The van der Waals surface area contributed by atoms with E-state index in [-0.39, 0.29) is 27.3 Å². The topological polar surface area (TPSA) is 59.0 Å². The van der Waals surface area contributed by atoms with Crippen LogP contribution in [0.3, 0.4) is 0 Å². The molecule has 32 heavy (non-hydrogen) atoms. The fourth-order valence-electron chi connectivity index (χ4n) is 3.09. The summed E-state index contributed by atoms with van der Waals surface area (Å²) in [6.07, 6.45) is 1.69. The zero-order valence-electron chi connectivity index (χ0n) is 16.7. The van der Waals surface area contributed by atoms with Crippen molar-refractivity contribution in [1.82, 2.24) is 0 Å². The molecule has 0 radical (unpaired) electrons. The number of para-hydroxylation sites is 1. The van der Waals surface area contributed by atoms with Crippen LogP contribution in [0.2, 0.25) is 15.1 Å². The third-order valence-electron chi connectivity index (χ3n) is 4.68. The van der Waals surface area contributed by atoms with E-state index in [1.165, 1.54) is 17.1 Å². The fourth-order valence-corrected chi connectivity index (χ4v) is 3.81. The number of nitrogens with zero attached hydrogens (tertiary/aromatic N) is 2. The molecule has 1 amide bonds. The Hall–Kier alpha value is -3.12. The number of esters is 1. The SMILES string of the molecule is CC1=NN(c2ccccc2)C(=O)/C1=C/c1ccc(OC(=O)c2ccc(Cl)cc2Cl)c(Cl)c1. The zero-order valence-corrected chi connectivity index (χ0v) is 18.9. The van der Waals surface area contributed by atoms with Crippen molar-refractivity contribution >= 4 is 64.2 Å². The number of anilines is 1. The second kappa shape index (κ2) is 9.17. The molecule has 0 aliphatic carbocycles. The number of ether oxygens (including phenoxy) is 1. The number of carbonyl (C=O) groups is 2. The Morgan fingerprint density at radius 1 is 0.969 bits per heavy atom. The van der Waals surface area contributed by atoms with Gasteiger partial charge in [-0.2, -0.15) is 10.1 Å². The highest BCUT2D eigenvalue weighted by Crippen LogP contribution is 2.30. The summed E-state index contributed by atoms with van der Waals surface area (Å²) >= 11 is 18.2. The maximum Gasteiger partial charge on any atom is 0.345 e. The highest BCUT2D eigenvalue weighted by Gasteiger charge is 2.28. The number of hydrogen-bond donors (Lipinski definition) is 0. The highest BCUT2D eigenvalue weighted by atomic mass is 35.5. The van der Waals surface area contributed by atoms with E-state index in [9.17, 15) is 9.59 Å². The third-order valence-corrected chi connectivity index (χ3v) is 5.53. The van der Waals surface area contributed by atoms with Gasteiger partial charge in [-0.05, 0) is 61.0 Å². The van der Waals surface area contributed by atoms with Gasteiger partial charge in [0.05, 0.1) is 32.6 Å². The second-order valence-electron chi connectivity index (χ2n) is 6.90. The summed E-state index contributed by atoms with van der Waals surface area (Å²) in [4.78, 5) is 25.3. The maximum absolute atomic E-state index is 12.8. The van der Waals surface area contributed by atoms with Gasteiger partial charge >= 0.3 is 5.97 Å². The molecule has 0 fully saturated rings. The lowest BCUT2D eigenvalue weighted by atomic mass is 10.1. The molecule has 4 rings (SSSR count). The van der Waals surface area contributed by atoms with Crippen LogP contribution in [-0.2, 0) is 4.79 Å². The molecule has 0 unspecified atom stereocenters. The smallest absolute Gasteiger partial charge is 0.345 e. The van der Waals surface area contributed by atoms with Crippen molar-refractivity contribution in [3.8, 4) is 5.75 Å². The molecule has 5 nitrogen and oxygen atoms in total. The molecule has 0 saturated heterocycles. The van der Waals surface area contributed by atoms with Crippen molar-refractivity contribution in [1.29, 1.82) is 0 Å². The van der Waals surface area contributed by atoms with Crippen LogP contribution in [0.1, 0.15) is 22.8 Å². The first kappa shape index (κ1) is 22.1. The van der Waals surface area contributed by atoms with E-state index in [0.717, 1.165) is 0 Å². The van der Waals surface area contributed by atoms with E-state index in [2.05, 4.69) is 5.10 Å². The minimum atomic E-state index is -0.660. The van der Waals surface area contributed by atoms with E-state index in [4.69, 9.17) is 39.5 Å². The molecule has 0 aromatic heterocycles. The van der Waals surface area contributed by atoms with Gasteiger partial charge in [0, 0.05) is 5.02 Å². The molecular weight excluding hydrogens is 471 g/mol. The van der Waals surface area contributed by atoms with Gasteiger partial charge in [0.25, 0.3) is 5.91 Å². The van der Waals surface area contributed by atoms with E-state index in [1.54, 1.807) is 37.3 Å². The molecule has 0 N–H and O–H groups in total. The number of benzene rings is 3. The van der Waals surface area contributed by atoms with Crippen molar-refractivity contribution in [2.75, 3.05) is 5.01 Å². The van der Waals surface area contributed by atoms with Crippen LogP contribution in [0.25, 0.3) is 6.08 Å². The van der Waals surface area contributed by atoms with Crippen molar-refractivity contribution in [2.24, 2.45) is 5.10 Å². The number of amides is 1. The molecule has 3 aromatic rings. The van der Waals surface area contributed by atoms with Crippen LogP contribution in [-0.4, -0.2) is 17.6 Å². The van der Waals surface area contributed by atoms with Crippen molar-refractivity contribution in [2.45, 2.75) is 6.92 Å². The second-order valence-corrected chi connectivity index (χ2v) is 8.15. The molecule has 160 valence electrons. The van der Waals surface area contributed by atoms with Crippen molar-refractivity contribution < 1.29 is 14.3 Å². The molecule has 1 heterocycles. The van der Waals surface area contributed by atoms with Gasteiger partial charge in [-0.15, -0.1) is 0 Å². The number of rotatable bonds is 4. The summed E-state index contributed by atoms with van der Waals surface area (Å²) in [5.74, 6) is -0.733. The largest absolute Gasteiger partial charge is 0.421 e. The molecule has 0 atom stereocenters. The van der Waals surface area contributed by atoms with Crippen LogP contribution in [0.5, 0.6) is 5.75 Å². The normalized spacial score (nSPS) is 14.6. The monoisotopic (exact) mass is 484 g/mol. The summed E-state index contributed by atoms with van der Waals surface area (Å²) in [5, 5.41) is 6.50. The molecular formula is C24H15Cl3N2O3. The van der Waals surface area contributed by atoms with Gasteiger partial charge < -0.3 is 4.74 Å². The lowest BCUT2D eigenvalue weighted by Gasteiger charge is -2.11. The maximum atomic E-state index is 12.8. The number of halogens is 3. The van der Waals surface area contributed by atoms with E-state index in [0.29, 0.717) is 27.6 Å². The Morgan fingerprint density at radius 3 is 2.41 bits per heavy atom. The molecule has 8 heteroatoms. The van der Waals surface area contributed by atoms with Crippen LogP contribution < -0.4 is 9.75 Å². The molecule has 1 aliphatic heterocycles. The first-order valence-corrected chi connectivity index (χ1v) is 10.6. The summed E-state index contributed by atoms with van der Waals surface area (Å²) in [7, 11) is 0. The molecule has 3 aromatic carbocycles. The third kappa shape index (κ3) is 4.55. The summed E-state index contributed by atoms with van der Waals surface area (Å²) in [6, 6.07) is 18.5. The average Bonchev–Trinajstić information content (AvgIpc) is 3.04. The number of hydrogen-bond acceptors (Lipinski definition) is 4. The molecule has 0 saturated carbocycles. The average molecular weight is 486 g/mol. The van der Waals surface area contributed by atoms with Crippen molar-refractivity contribution in [3.63, 3.8) is 0 Å². The lowest BCUT2D eigenvalue weighted by molar-refractivity contribution is -0.114. The van der Waals surface area contributed by atoms with Crippen LogP contribution in [0, 0.1) is 0 Å². The Bertz CT molecular complexity index is 1290. The van der Waals surface area contributed by atoms with Crippen molar-refractivity contribution in [3.05, 3.63) is 98.5 Å². The standard InChI is InChI=1S/C24H15Cl3N2O3/c1-14-19(23(30)29(28-14)17-5-3-2-4-6-17)11-15-7-10-22(21(27)12-15)32-24(31)18-9-8-16(25)13-20(18)26/h2-13H,1H3/b19-11+. The predicted molar refractivity (Wildman–Crippen MR) is 128 cm³/mol. The van der Waals surface area contributed by atoms with E-state index < -0.39 is 5.97 Å². The summed E-state index contributed by atoms with van der Waals surface area (Å²) in [6.45, 7) is 1.76. The number of hydrazone groups is 1. The van der Waals surface area contributed by atoms with Gasteiger partial charge in [0.1, 0.15) is 5.75 Å². The summed E-state index contributed by atoms with van der Waals surface area (Å²) < 4.78 is 5.38. The van der Waals surface area contributed by atoms with Crippen LogP contribution >= 0.6 is 34.8 Å². The number of carbonyl (C=O) groups excluding carboxylic acids is 2. The predicted octanol–water partition coefficient (Wildman–Crippen LogP) is 6.67. The van der Waals surface area contributed by atoms with Gasteiger partial charge in [0.15, 0.2) is 0 Å². The Morgan fingerprint density at radius 2 is 1.72 bits per heavy atom. The zero-order chi connectivity index (χ0) is 22.8. The van der Waals surface area contributed by atoms with E-state index in [1.807, 2.05) is 30.3 Å². The molecule has 1 aliphatic rings. The quantitative estimate of drug-likeness (QED) is 0.235. The van der Waals surface area contributed by atoms with E-state index >= 15 is 0 Å². The Kier molecular flexibility index (Phi) is 6.33. The first-order chi connectivity index (χ1) is 15.3. The Balaban J connectivity index is 1.55. The van der Waals surface area contributed by atoms with Gasteiger partial charge in [-0.3, -0.25) is 4.79 Å². The minimum absolute atomic E-state index is 0.166. The lowest BCUT2D eigenvalue weighted by Crippen LogP contribution is -2.21. The first-order valence-electron chi connectivity index (χ1n) is 9.47. The van der Waals surface area contributed by atoms with Gasteiger partial charge in [-0.1, -0.05) is 59.1 Å². The highest BCUT2D eigenvalue weighted by molar-refractivity contribution is 6.37. The molecule has 0 spiro atoms. The fraction of sp³-hybridized carbons (Fsp3) is 0.0417. The molecule has 0 bridgehead atoms. The van der Waals surface area contributed by atoms with Crippen LogP contribution in [0.4, 0.5) is 5.69 Å².